The van der Waals surface area contributed by atoms with Gasteiger partial charge in [0, 0.05) is 31.9 Å². The molecule has 0 bridgehead atoms. The molecule has 3 atom stereocenters. The predicted octanol–water partition coefficient (Wildman–Crippen LogP) is 2.24. The molecule has 0 aromatic carbocycles. The van der Waals surface area contributed by atoms with Gasteiger partial charge in [0.05, 0.1) is 25.4 Å². The first kappa shape index (κ1) is 15.9. The maximum Gasteiger partial charge on any atom is 0.249 e. The number of fused-ring (bicyclic) bond motifs is 1. The number of carbonyl (C=O) groups excluding carboxylic acids is 1. The lowest BCUT2D eigenvalue weighted by Crippen LogP contribution is -2.56. The van der Waals surface area contributed by atoms with Crippen LogP contribution in [0.15, 0.2) is 12.7 Å². The predicted molar refractivity (Wildman–Crippen MR) is 76.7 cm³/mol. The van der Waals surface area contributed by atoms with Crippen LogP contribution in [0, 0.1) is 11.8 Å². The second-order valence-electron chi connectivity index (χ2n) is 6.63. The number of amides is 1. The van der Waals surface area contributed by atoms with E-state index in [1.54, 1.807) is 11.0 Å². The Morgan fingerprint density at radius 1 is 1.41 bits per heavy atom. The average Bonchev–Trinajstić information content (AvgIpc) is 2.86. The summed E-state index contributed by atoms with van der Waals surface area (Å²) < 4.78 is 37.3. The van der Waals surface area contributed by atoms with E-state index in [-0.39, 0.29) is 30.9 Å². The molecule has 22 heavy (non-hydrogen) atoms. The standard InChI is InChI=1S/C16H23F2NO3/c1-2-4-21-10-11-6-13-14(7-11)22-5-3-19(13)15(20)12-8-16(17,18)9-12/h2,11-14H,1,3-10H2. The fraction of sp³-hybridized carbons (Fsp3) is 0.812. The summed E-state index contributed by atoms with van der Waals surface area (Å²) in [4.78, 5) is 14.3. The Morgan fingerprint density at radius 3 is 2.86 bits per heavy atom. The number of halogens is 2. The first-order chi connectivity index (χ1) is 10.5. The highest BCUT2D eigenvalue weighted by molar-refractivity contribution is 5.80. The third kappa shape index (κ3) is 3.18. The molecule has 3 unspecified atom stereocenters. The minimum absolute atomic E-state index is 0.0211. The number of ether oxygens (including phenoxy) is 2. The van der Waals surface area contributed by atoms with E-state index in [4.69, 9.17) is 9.47 Å². The summed E-state index contributed by atoms with van der Waals surface area (Å²) in [7, 11) is 0. The summed E-state index contributed by atoms with van der Waals surface area (Å²) >= 11 is 0. The van der Waals surface area contributed by atoms with Crippen LogP contribution >= 0.6 is 0 Å². The zero-order valence-corrected chi connectivity index (χ0v) is 12.7. The maximum absolute atomic E-state index is 13.0. The van der Waals surface area contributed by atoms with E-state index in [1.807, 2.05) is 0 Å². The van der Waals surface area contributed by atoms with Crippen LogP contribution in [-0.4, -0.2) is 55.2 Å². The highest BCUT2D eigenvalue weighted by Crippen LogP contribution is 2.44. The molecule has 3 aliphatic rings. The maximum atomic E-state index is 13.0. The normalized spacial score (nSPS) is 34.1. The van der Waals surface area contributed by atoms with Crippen molar-refractivity contribution in [2.45, 2.75) is 43.8 Å². The van der Waals surface area contributed by atoms with E-state index < -0.39 is 11.8 Å². The number of alkyl halides is 2. The number of carbonyl (C=O) groups is 1. The topological polar surface area (TPSA) is 38.8 Å². The third-order valence-electron chi connectivity index (χ3n) is 4.95. The minimum Gasteiger partial charge on any atom is -0.377 e. The summed E-state index contributed by atoms with van der Waals surface area (Å²) in [6.07, 6.45) is 2.84. The van der Waals surface area contributed by atoms with Gasteiger partial charge in [0.2, 0.25) is 11.8 Å². The van der Waals surface area contributed by atoms with E-state index in [2.05, 4.69) is 6.58 Å². The molecule has 0 radical (unpaired) electrons. The first-order valence-corrected chi connectivity index (χ1v) is 7.99. The van der Waals surface area contributed by atoms with Crippen LogP contribution < -0.4 is 0 Å². The molecule has 3 fully saturated rings. The van der Waals surface area contributed by atoms with Crippen molar-refractivity contribution in [1.82, 2.24) is 4.90 Å². The Hall–Kier alpha value is -1.01. The molecule has 3 rings (SSSR count). The molecule has 124 valence electrons. The first-order valence-electron chi connectivity index (χ1n) is 7.99. The zero-order valence-electron chi connectivity index (χ0n) is 12.7. The SMILES string of the molecule is C=CCOCC1CC2OCCN(C(=O)C3CC(F)(F)C3)C2C1. The van der Waals surface area contributed by atoms with Crippen molar-refractivity contribution >= 4 is 5.91 Å². The fourth-order valence-corrected chi connectivity index (χ4v) is 3.85. The van der Waals surface area contributed by atoms with Crippen molar-refractivity contribution < 1.29 is 23.0 Å². The number of hydrogen-bond acceptors (Lipinski definition) is 3. The van der Waals surface area contributed by atoms with Crippen molar-refractivity contribution in [1.29, 1.82) is 0 Å². The molecule has 0 aromatic rings. The molecule has 1 saturated heterocycles. The van der Waals surface area contributed by atoms with Gasteiger partial charge in [-0.1, -0.05) is 6.08 Å². The van der Waals surface area contributed by atoms with Crippen LogP contribution in [0.3, 0.4) is 0 Å². The van der Waals surface area contributed by atoms with Crippen molar-refractivity contribution in [3.05, 3.63) is 12.7 Å². The second-order valence-corrected chi connectivity index (χ2v) is 6.63. The summed E-state index contributed by atoms with van der Waals surface area (Å²) in [6, 6.07) is 0.0211. The van der Waals surface area contributed by atoms with Crippen LogP contribution in [0.5, 0.6) is 0 Å². The molecule has 1 heterocycles. The lowest BCUT2D eigenvalue weighted by Gasteiger charge is -2.43. The van der Waals surface area contributed by atoms with Crippen molar-refractivity contribution in [2.75, 3.05) is 26.4 Å². The molecule has 0 spiro atoms. The summed E-state index contributed by atoms with van der Waals surface area (Å²) in [5.74, 6) is -2.92. The number of nitrogens with zero attached hydrogens (tertiary/aromatic N) is 1. The number of morpholine rings is 1. The average molecular weight is 315 g/mol. The smallest absolute Gasteiger partial charge is 0.249 e. The van der Waals surface area contributed by atoms with E-state index in [9.17, 15) is 13.6 Å². The van der Waals surface area contributed by atoms with Crippen LogP contribution in [0.2, 0.25) is 0 Å². The summed E-state index contributed by atoms with van der Waals surface area (Å²) in [5, 5.41) is 0. The Labute approximate surface area is 129 Å². The summed E-state index contributed by atoms with van der Waals surface area (Å²) in [6.45, 7) is 5.78. The minimum atomic E-state index is -2.65. The van der Waals surface area contributed by atoms with Gasteiger partial charge in [0.25, 0.3) is 0 Å². The molecule has 4 nitrogen and oxygen atoms in total. The number of hydrogen-bond donors (Lipinski definition) is 0. The Kier molecular flexibility index (Phi) is 4.50. The molecule has 2 aliphatic carbocycles. The Bertz CT molecular complexity index is 435. The molecule has 1 aliphatic heterocycles. The molecule has 0 N–H and O–H groups in total. The van der Waals surface area contributed by atoms with E-state index in [0.717, 1.165) is 12.8 Å². The monoisotopic (exact) mass is 315 g/mol. The van der Waals surface area contributed by atoms with Gasteiger partial charge >= 0.3 is 0 Å². The lowest BCUT2D eigenvalue weighted by atomic mass is 9.80. The quantitative estimate of drug-likeness (QED) is 0.577. The van der Waals surface area contributed by atoms with Gasteiger partial charge in [-0.2, -0.15) is 0 Å². The van der Waals surface area contributed by atoms with Crippen LogP contribution in [0.4, 0.5) is 8.78 Å². The van der Waals surface area contributed by atoms with Crippen molar-refractivity contribution in [3.8, 4) is 0 Å². The molecule has 1 amide bonds. The van der Waals surface area contributed by atoms with Gasteiger partial charge in [-0.3, -0.25) is 4.79 Å². The Morgan fingerprint density at radius 2 is 2.18 bits per heavy atom. The van der Waals surface area contributed by atoms with E-state index in [0.29, 0.717) is 32.3 Å². The molecule has 0 aromatic heterocycles. The lowest BCUT2D eigenvalue weighted by molar-refractivity contribution is -0.169. The molecule has 2 saturated carbocycles. The highest BCUT2D eigenvalue weighted by atomic mass is 19.3. The zero-order chi connectivity index (χ0) is 15.7. The molecule has 6 heteroatoms. The largest absolute Gasteiger partial charge is 0.377 e. The molecular weight excluding hydrogens is 292 g/mol. The molecular formula is C16H23F2NO3. The fourth-order valence-electron chi connectivity index (χ4n) is 3.85. The van der Waals surface area contributed by atoms with E-state index in [1.165, 1.54) is 0 Å². The van der Waals surface area contributed by atoms with Crippen LogP contribution in [0.25, 0.3) is 0 Å². The van der Waals surface area contributed by atoms with Crippen molar-refractivity contribution in [2.24, 2.45) is 11.8 Å². The van der Waals surface area contributed by atoms with Crippen molar-refractivity contribution in [3.63, 3.8) is 0 Å². The second kappa shape index (κ2) is 6.24. The van der Waals surface area contributed by atoms with Gasteiger partial charge < -0.3 is 14.4 Å². The van der Waals surface area contributed by atoms with Gasteiger partial charge in [0.1, 0.15) is 0 Å². The van der Waals surface area contributed by atoms with Gasteiger partial charge in [-0.25, -0.2) is 8.78 Å². The van der Waals surface area contributed by atoms with Crippen LogP contribution in [-0.2, 0) is 14.3 Å². The highest BCUT2D eigenvalue weighted by Gasteiger charge is 2.52. The van der Waals surface area contributed by atoms with Gasteiger partial charge in [-0.05, 0) is 18.8 Å². The van der Waals surface area contributed by atoms with Gasteiger partial charge in [-0.15, -0.1) is 6.58 Å². The van der Waals surface area contributed by atoms with E-state index >= 15 is 0 Å². The third-order valence-corrected chi connectivity index (χ3v) is 4.95. The number of rotatable bonds is 5. The van der Waals surface area contributed by atoms with Crippen LogP contribution in [0.1, 0.15) is 25.7 Å². The Balaban J connectivity index is 1.57. The summed E-state index contributed by atoms with van der Waals surface area (Å²) in [5.41, 5.74) is 0. The van der Waals surface area contributed by atoms with Gasteiger partial charge in [0.15, 0.2) is 0 Å².